The predicted molar refractivity (Wildman–Crippen MR) is 122 cm³/mol. The average Bonchev–Trinajstić information content (AvgIpc) is 3.59. The van der Waals surface area contributed by atoms with Crippen molar-refractivity contribution in [2.75, 3.05) is 26.2 Å². The zero-order chi connectivity index (χ0) is 23.7. The van der Waals surface area contributed by atoms with Gasteiger partial charge in [-0.2, -0.15) is 4.68 Å². The normalized spacial score (nSPS) is 19.8. The number of cyclic esters (lactones) is 1. The number of benzene rings is 1. The minimum Gasteiger partial charge on any atom is -0.457 e. The molecule has 5 rings (SSSR count). The van der Waals surface area contributed by atoms with Crippen LogP contribution < -0.4 is 5.32 Å². The van der Waals surface area contributed by atoms with E-state index in [-0.39, 0.29) is 17.3 Å². The van der Waals surface area contributed by atoms with E-state index >= 15 is 0 Å². The van der Waals surface area contributed by atoms with E-state index in [2.05, 4.69) is 50.6 Å². The number of tetrazole rings is 1. The summed E-state index contributed by atoms with van der Waals surface area (Å²) in [6.45, 7) is 8.15. The second-order valence-electron chi connectivity index (χ2n) is 9.38. The van der Waals surface area contributed by atoms with E-state index in [1.807, 2.05) is 6.07 Å². The largest absolute Gasteiger partial charge is 0.457 e. The number of aromatic nitrogens is 5. The third-order valence-corrected chi connectivity index (χ3v) is 6.88. The van der Waals surface area contributed by atoms with Gasteiger partial charge in [-0.05, 0) is 71.5 Å². The Kier molecular flexibility index (Phi) is 5.82. The van der Waals surface area contributed by atoms with Crippen LogP contribution in [0.2, 0.25) is 0 Å². The van der Waals surface area contributed by atoms with Crippen LogP contribution in [-0.4, -0.2) is 68.1 Å². The highest BCUT2D eigenvalue weighted by molar-refractivity contribution is 5.94. The second kappa shape index (κ2) is 8.94. The van der Waals surface area contributed by atoms with E-state index in [1.54, 1.807) is 12.1 Å². The fraction of sp³-hybridized carbons (Fsp3) is 0.417. The Morgan fingerprint density at radius 2 is 2.15 bits per heavy atom. The molecule has 2 aliphatic rings. The molecule has 3 aromatic rings. The number of nitrogens with one attached hydrogen (secondary N) is 1. The maximum Gasteiger partial charge on any atom is 0.338 e. The molecule has 2 aromatic heterocycles. The Labute approximate surface area is 197 Å². The number of ether oxygens (including phenoxy) is 1. The quantitative estimate of drug-likeness (QED) is 0.529. The van der Waals surface area contributed by atoms with Gasteiger partial charge in [-0.3, -0.25) is 4.79 Å². The summed E-state index contributed by atoms with van der Waals surface area (Å²) < 4.78 is 6.61. The Balaban J connectivity index is 1.12. The number of rotatable bonds is 7. The maximum absolute atomic E-state index is 12.6. The maximum atomic E-state index is 12.6. The summed E-state index contributed by atoms with van der Waals surface area (Å²) in [6.07, 6.45) is 4.94. The van der Waals surface area contributed by atoms with Crippen LogP contribution in [0, 0.1) is 12.3 Å². The lowest BCUT2D eigenvalue weighted by molar-refractivity contribution is 0.0534. The molecule has 34 heavy (non-hydrogen) atoms. The summed E-state index contributed by atoms with van der Waals surface area (Å²) in [5.41, 5.74) is 4.67. The molecular weight excluding hydrogens is 434 g/mol. The van der Waals surface area contributed by atoms with E-state index < -0.39 is 0 Å². The van der Waals surface area contributed by atoms with E-state index in [1.165, 1.54) is 22.8 Å². The van der Waals surface area contributed by atoms with Gasteiger partial charge in [-0.25, -0.2) is 9.78 Å². The third kappa shape index (κ3) is 4.41. The SMILES string of the molecule is Cc1c(CCN2CCC(C)(CNC(=O)c3ccc(-n4cnnn4)nc3)C2)ccc2c1COC2=O. The molecule has 2 aliphatic heterocycles. The molecule has 1 aromatic carbocycles. The van der Waals surface area contributed by atoms with Gasteiger partial charge < -0.3 is 15.0 Å². The zero-order valence-corrected chi connectivity index (χ0v) is 19.3. The molecule has 10 heteroatoms. The van der Waals surface area contributed by atoms with Gasteiger partial charge >= 0.3 is 5.97 Å². The molecule has 0 radical (unpaired) electrons. The first-order valence-corrected chi connectivity index (χ1v) is 11.4. The zero-order valence-electron chi connectivity index (χ0n) is 19.3. The molecule has 4 heterocycles. The second-order valence-corrected chi connectivity index (χ2v) is 9.38. The monoisotopic (exact) mass is 461 g/mol. The van der Waals surface area contributed by atoms with Crippen molar-refractivity contribution in [3.05, 3.63) is 64.6 Å². The summed E-state index contributed by atoms with van der Waals surface area (Å²) in [5, 5.41) is 14.0. The van der Waals surface area contributed by atoms with Crippen molar-refractivity contribution in [3.8, 4) is 5.82 Å². The van der Waals surface area contributed by atoms with Gasteiger partial charge in [0, 0.05) is 31.4 Å². The Morgan fingerprint density at radius 1 is 1.26 bits per heavy atom. The van der Waals surface area contributed by atoms with Crippen LogP contribution in [0.3, 0.4) is 0 Å². The molecular formula is C24H27N7O3. The lowest BCUT2D eigenvalue weighted by Gasteiger charge is -2.25. The van der Waals surface area contributed by atoms with E-state index in [4.69, 9.17) is 4.74 Å². The average molecular weight is 462 g/mol. The van der Waals surface area contributed by atoms with Gasteiger partial charge in [0.15, 0.2) is 5.82 Å². The van der Waals surface area contributed by atoms with Crippen LogP contribution in [-0.2, 0) is 17.8 Å². The molecule has 1 saturated heterocycles. The molecule has 176 valence electrons. The number of hydrogen-bond acceptors (Lipinski definition) is 8. The molecule has 1 unspecified atom stereocenters. The van der Waals surface area contributed by atoms with E-state index in [0.29, 0.717) is 30.1 Å². The highest BCUT2D eigenvalue weighted by Crippen LogP contribution is 2.30. The van der Waals surface area contributed by atoms with Crippen molar-refractivity contribution in [2.24, 2.45) is 5.41 Å². The van der Waals surface area contributed by atoms with Gasteiger partial charge in [0.2, 0.25) is 0 Å². The molecule has 1 atom stereocenters. The third-order valence-electron chi connectivity index (χ3n) is 6.88. The van der Waals surface area contributed by atoms with Crippen LogP contribution in [0.25, 0.3) is 5.82 Å². The fourth-order valence-corrected chi connectivity index (χ4v) is 4.73. The van der Waals surface area contributed by atoms with Gasteiger partial charge in [0.25, 0.3) is 5.91 Å². The van der Waals surface area contributed by atoms with Crippen molar-refractivity contribution >= 4 is 11.9 Å². The standard InChI is InChI=1S/C24H27N7O3/c1-16-17(3-5-19-20(16)12-34-23(19)33)7-9-30-10-8-24(2,14-30)13-26-22(32)18-4-6-21(25-11-18)31-15-27-28-29-31/h3-6,11,15H,7-10,12-14H2,1-2H3,(H,26,32). The van der Waals surface area contributed by atoms with Crippen molar-refractivity contribution in [1.82, 2.24) is 35.4 Å². The number of amides is 1. The summed E-state index contributed by atoms with van der Waals surface area (Å²) in [4.78, 5) is 31.1. The molecule has 0 bridgehead atoms. The Bertz CT molecular complexity index is 1210. The van der Waals surface area contributed by atoms with Gasteiger partial charge in [-0.1, -0.05) is 13.0 Å². The highest BCUT2D eigenvalue weighted by Gasteiger charge is 2.34. The van der Waals surface area contributed by atoms with Gasteiger partial charge in [0.1, 0.15) is 12.9 Å². The summed E-state index contributed by atoms with van der Waals surface area (Å²) >= 11 is 0. The number of carbonyl (C=O) groups is 2. The first kappa shape index (κ1) is 22.1. The molecule has 0 saturated carbocycles. The first-order chi connectivity index (χ1) is 16.4. The van der Waals surface area contributed by atoms with Crippen LogP contribution in [0.1, 0.15) is 50.8 Å². The molecule has 1 amide bonds. The number of nitrogens with zero attached hydrogens (tertiary/aromatic N) is 6. The lowest BCUT2D eigenvalue weighted by Crippen LogP contribution is -2.38. The Morgan fingerprint density at radius 3 is 2.91 bits per heavy atom. The minimum atomic E-state index is -0.221. The van der Waals surface area contributed by atoms with Gasteiger partial charge in [0.05, 0.1) is 11.1 Å². The van der Waals surface area contributed by atoms with Crippen LogP contribution in [0.4, 0.5) is 0 Å². The number of hydrogen-bond donors (Lipinski definition) is 1. The van der Waals surface area contributed by atoms with Gasteiger partial charge in [-0.15, -0.1) is 5.10 Å². The fourth-order valence-electron chi connectivity index (χ4n) is 4.73. The van der Waals surface area contributed by atoms with Crippen molar-refractivity contribution in [1.29, 1.82) is 0 Å². The number of carbonyl (C=O) groups excluding carboxylic acids is 2. The number of likely N-dealkylation sites (tertiary alicyclic amines) is 1. The van der Waals surface area contributed by atoms with Crippen LogP contribution >= 0.6 is 0 Å². The first-order valence-electron chi connectivity index (χ1n) is 11.4. The van der Waals surface area contributed by atoms with Crippen LogP contribution in [0.5, 0.6) is 0 Å². The molecule has 10 nitrogen and oxygen atoms in total. The highest BCUT2D eigenvalue weighted by atomic mass is 16.5. The lowest BCUT2D eigenvalue weighted by atomic mass is 9.89. The Hall–Kier alpha value is -3.66. The molecule has 0 aliphatic carbocycles. The molecule has 1 fully saturated rings. The van der Waals surface area contributed by atoms with Crippen molar-refractivity contribution in [2.45, 2.75) is 33.3 Å². The summed E-state index contributed by atoms with van der Waals surface area (Å²) in [7, 11) is 0. The minimum absolute atomic E-state index is 0.0165. The topological polar surface area (TPSA) is 115 Å². The van der Waals surface area contributed by atoms with E-state index in [0.717, 1.165) is 43.6 Å². The molecule has 1 N–H and O–H groups in total. The predicted octanol–water partition coefficient (Wildman–Crippen LogP) is 1.72. The smallest absolute Gasteiger partial charge is 0.338 e. The number of fused-ring (bicyclic) bond motifs is 1. The molecule has 0 spiro atoms. The van der Waals surface area contributed by atoms with E-state index in [9.17, 15) is 9.59 Å². The summed E-state index contributed by atoms with van der Waals surface area (Å²) in [5.74, 6) is 0.194. The van der Waals surface area contributed by atoms with Crippen LogP contribution in [0.15, 0.2) is 36.8 Å². The van der Waals surface area contributed by atoms with Crippen molar-refractivity contribution in [3.63, 3.8) is 0 Å². The van der Waals surface area contributed by atoms with Crippen molar-refractivity contribution < 1.29 is 14.3 Å². The summed E-state index contributed by atoms with van der Waals surface area (Å²) in [6, 6.07) is 7.38. The number of esters is 1. The number of pyridine rings is 1.